The van der Waals surface area contributed by atoms with Crippen molar-refractivity contribution < 1.29 is 9.85 Å². The first-order chi connectivity index (χ1) is 13.9. The fraction of sp³-hybridized carbons (Fsp3) is 0.0476. The van der Waals surface area contributed by atoms with Crippen molar-refractivity contribution >= 4 is 46.9 Å². The summed E-state index contributed by atoms with van der Waals surface area (Å²) in [7, 11) is 0. The van der Waals surface area contributed by atoms with Crippen LogP contribution >= 0.6 is 23.4 Å². The van der Waals surface area contributed by atoms with Gasteiger partial charge in [0.1, 0.15) is 5.56 Å². The van der Waals surface area contributed by atoms with E-state index in [1.807, 2.05) is 30.3 Å². The summed E-state index contributed by atoms with van der Waals surface area (Å²) in [6.07, 6.45) is 2.98. The Morgan fingerprint density at radius 2 is 1.45 bits per heavy atom. The molecule has 29 heavy (non-hydrogen) atoms. The smallest absolute Gasteiger partial charge is 0.258 e. The molecule has 0 fully saturated rings. The van der Waals surface area contributed by atoms with Crippen LogP contribution < -0.4 is 0 Å². The van der Waals surface area contributed by atoms with Gasteiger partial charge in [0.15, 0.2) is 0 Å². The van der Waals surface area contributed by atoms with Gasteiger partial charge in [0.2, 0.25) is 0 Å². The molecule has 3 rings (SSSR count). The summed E-state index contributed by atoms with van der Waals surface area (Å²) in [5.41, 5.74) is 1.09. The van der Waals surface area contributed by atoms with E-state index in [9.17, 15) is 20.2 Å². The molecule has 3 aromatic carbocycles. The van der Waals surface area contributed by atoms with Crippen LogP contribution in [0.2, 0.25) is 5.02 Å². The molecule has 6 nitrogen and oxygen atoms in total. The summed E-state index contributed by atoms with van der Waals surface area (Å²) in [5, 5.41) is 23.8. The fourth-order valence-corrected chi connectivity index (χ4v) is 3.69. The van der Waals surface area contributed by atoms with Gasteiger partial charge in [-0.2, -0.15) is 0 Å². The van der Waals surface area contributed by atoms with Gasteiger partial charge >= 0.3 is 0 Å². The molecule has 3 aromatic rings. The van der Waals surface area contributed by atoms with Crippen molar-refractivity contribution in [3.8, 4) is 0 Å². The predicted octanol–water partition coefficient (Wildman–Crippen LogP) is 6.62. The van der Waals surface area contributed by atoms with Crippen LogP contribution in [0, 0.1) is 20.2 Å². The summed E-state index contributed by atoms with van der Waals surface area (Å²) < 4.78 is 0. The first-order valence-electron chi connectivity index (χ1n) is 8.51. The highest BCUT2D eigenvalue weighted by molar-refractivity contribution is 7.98. The van der Waals surface area contributed by atoms with E-state index >= 15 is 0 Å². The van der Waals surface area contributed by atoms with Crippen LogP contribution in [0.4, 0.5) is 11.4 Å². The number of hydrogen-bond donors (Lipinski definition) is 0. The van der Waals surface area contributed by atoms with Crippen molar-refractivity contribution in [3.63, 3.8) is 0 Å². The van der Waals surface area contributed by atoms with Crippen LogP contribution in [0.25, 0.3) is 12.2 Å². The third kappa shape index (κ3) is 5.43. The van der Waals surface area contributed by atoms with E-state index in [2.05, 4.69) is 0 Å². The Morgan fingerprint density at radius 1 is 0.862 bits per heavy atom. The second-order valence-corrected chi connectivity index (χ2v) is 7.53. The number of halogens is 1. The van der Waals surface area contributed by atoms with Crippen molar-refractivity contribution in [2.75, 3.05) is 0 Å². The quantitative estimate of drug-likeness (QED) is 0.183. The molecule has 0 spiro atoms. The maximum Gasteiger partial charge on any atom is 0.284 e. The number of nitrogens with zero attached hydrogens (tertiary/aromatic N) is 2. The van der Waals surface area contributed by atoms with Crippen molar-refractivity contribution in [2.24, 2.45) is 0 Å². The maximum atomic E-state index is 11.6. The largest absolute Gasteiger partial charge is 0.284 e. The van der Waals surface area contributed by atoms with Gasteiger partial charge in [-0.15, -0.1) is 11.8 Å². The number of nitro benzene ring substituents is 2. The highest BCUT2D eigenvalue weighted by Gasteiger charge is 2.25. The predicted molar refractivity (Wildman–Crippen MR) is 116 cm³/mol. The summed E-state index contributed by atoms with van der Waals surface area (Å²) in [4.78, 5) is 22.5. The van der Waals surface area contributed by atoms with Gasteiger partial charge in [0, 0.05) is 27.8 Å². The molecule has 0 bridgehead atoms. The molecule has 0 unspecified atom stereocenters. The average molecular weight is 427 g/mol. The standard InChI is InChI=1S/C21H15ClN2O4S/c22-17-9-6-15(7-10-17)8-11-19-20(23(25)26)12-18(13-21(19)24(27)28)29-14-16-4-2-1-3-5-16/h1-13H,14H2/b11-8+. The maximum absolute atomic E-state index is 11.6. The fourth-order valence-electron chi connectivity index (χ4n) is 2.65. The Kier molecular flexibility index (Phi) is 6.64. The first kappa shape index (κ1) is 20.6. The second kappa shape index (κ2) is 9.36. The van der Waals surface area contributed by atoms with Gasteiger partial charge in [-0.05, 0) is 29.3 Å². The van der Waals surface area contributed by atoms with Crippen molar-refractivity contribution in [1.29, 1.82) is 0 Å². The zero-order valence-corrected chi connectivity index (χ0v) is 16.6. The Labute approximate surface area is 176 Å². The van der Waals surface area contributed by atoms with E-state index in [-0.39, 0.29) is 16.9 Å². The molecule has 0 saturated carbocycles. The normalized spacial score (nSPS) is 10.9. The summed E-state index contributed by atoms with van der Waals surface area (Å²) in [6, 6.07) is 19.1. The van der Waals surface area contributed by atoms with Crippen molar-refractivity contribution in [3.05, 3.63) is 109 Å². The van der Waals surface area contributed by atoms with Gasteiger partial charge in [-0.25, -0.2) is 0 Å². The Bertz CT molecular complexity index is 1030. The summed E-state index contributed by atoms with van der Waals surface area (Å²) in [6.45, 7) is 0. The monoisotopic (exact) mass is 426 g/mol. The van der Waals surface area contributed by atoms with Crippen LogP contribution in [0.15, 0.2) is 71.6 Å². The number of rotatable bonds is 7. The third-order valence-corrected chi connectivity index (χ3v) is 5.36. The minimum atomic E-state index is -0.596. The molecule has 0 atom stereocenters. The molecule has 0 heterocycles. The highest BCUT2D eigenvalue weighted by Crippen LogP contribution is 2.36. The van der Waals surface area contributed by atoms with Gasteiger partial charge in [-0.3, -0.25) is 20.2 Å². The zero-order chi connectivity index (χ0) is 20.8. The van der Waals surface area contributed by atoms with E-state index in [1.165, 1.54) is 30.0 Å². The van der Waals surface area contributed by atoms with E-state index in [4.69, 9.17) is 11.6 Å². The lowest BCUT2D eigenvalue weighted by Crippen LogP contribution is -1.98. The topological polar surface area (TPSA) is 86.3 Å². The third-order valence-electron chi connectivity index (χ3n) is 4.06. The summed E-state index contributed by atoms with van der Waals surface area (Å²) >= 11 is 7.16. The molecule has 0 N–H and O–H groups in total. The average Bonchev–Trinajstić information content (AvgIpc) is 2.72. The van der Waals surface area contributed by atoms with Crippen LogP contribution in [0.3, 0.4) is 0 Å². The van der Waals surface area contributed by atoms with Crippen LogP contribution in [0.1, 0.15) is 16.7 Å². The molecule has 0 saturated heterocycles. The van der Waals surface area contributed by atoms with E-state index in [0.29, 0.717) is 15.7 Å². The lowest BCUT2D eigenvalue weighted by atomic mass is 10.1. The number of nitro groups is 2. The molecule has 0 aliphatic carbocycles. The lowest BCUT2D eigenvalue weighted by Gasteiger charge is -2.06. The molecule has 8 heteroatoms. The lowest BCUT2D eigenvalue weighted by molar-refractivity contribution is -0.394. The Morgan fingerprint density at radius 3 is 2.00 bits per heavy atom. The van der Waals surface area contributed by atoms with Crippen molar-refractivity contribution in [1.82, 2.24) is 0 Å². The van der Waals surface area contributed by atoms with Crippen molar-refractivity contribution in [2.45, 2.75) is 10.6 Å². The summed E-state index contributed by atoms with van der Waals surface area (Å²) in [5.74, 6) is 0.551. The molecule has 0 aromatic heterocycles. The molecule has 0 aliphatic heterocycles. The zero-order valence-electron chi connectivity index (χ0n) is 15.0. The van der Waals surface area contributed by atoms with Crippen LogP contribution in [-0.2, 0) is 5.75 Å². The molecule has 0 aliphatic rings. The number of thioether (sulfide) groups is 1. The number of hydrogen-bond acceptors (Lipinski definition) is 5. The highest BCUT2D eigenvalue weighted by atomic mass is 35.5. The Hall–Kier alpha value is -3.16. The number of benzene rings is 3. The van der Waals surface area contributed by atoms with E-state index in [1.54, 1.807) is 30.3 Å². The minimum absolute atomic E-state index is 0.0426. The van der Waals surface area contributed by atoms with Gasteiger partial charge in [0.25, 0.3) is 11.4 Å². The van der Waals surface area contributed by atoms with E-state index < -0.39 is 9.85 Å². The van der Waals surface area contributed by atoms with Gasteiger partial charge < -0.3 is 0 Å². The molecule has 0 amide bonds. The minimum Gasteiger partial charge on any atom is -0.258 e. The van der Waals surface area contributed by atoms with Gasteiger partial charge in [-0.1, -0.05) is 60.1 Å². The van der Waals surface area contributed by atoms with Crippen LogP contribution in [0.5, 0.6) is 0 Å². The first-order valence-corrected chi connectivity index (χ1v) is 9.87. The SMILES string of the molecule is O=[N+]([O-])c1cc(SCc2ccccc2)cc([N+](=O)[O-])c1/C=C/c1ccc(Cl)cc1. The second-order valence-electron chi connectivity index (χ2n) is 6.05. The van der Waals surface area contributed by atoms with E-state index in [0.717, 1.165) is 11.1 Å². The van der Waals surface area contributed by atoms with Gasteiger partial charge in [0.05, 0.1) is 9.85 Å². The molecule has 0 radical (unpaired) electrons. The Balaban J connectivity index is 1.97. The molecular formula is C21H15ClN2O4S. The molecule has 146 valence electrons. The van der Waals surface area contributed by atoms with Crippen LogP contribution in [-0.4, -0.2) is 9.85 Å². The molecular weight excluding hydrogens is 412 g/mol.